The van der Waals surface area contributed by atoms with Gasteiger partial charge in [0.2, 0.25) is 0 Å². The summed E-state index contributed by atoms with van der Waals surface area (Å²) in [5, 5.41) is 8.93. The molecule has 1 aromatic rings. The predicted molar refractivity (Wildman–Crippen MR) is 47.7 cm³/mol. The van der Waals surface area contributed by atoms with Crippen LogP contribution < -0.4 is 11.5 Å². The molecule has 5 N–H and O–H groups in total. The third kappa shape index (κ3) is 1.85. The van der Waals surface area contributed by atoms with E-state index in [1.807, 2.05) is 0 Å². The van der Waals surface area contributed by atoms with Crippen molar-refractivity contribution in [3.63, 3.8) is 0 Å². The Morgan fingerprint density at radius 1 is 1.58 bits per heavy atom. The maximum Gasteiger partial charge on any atom is 0.152 e. The van der Waals surface area contributed by atoms with Gasteiger partial charge in [0.25, 0.3) is 0 Å². The van der Waals surface area contributed by atoms with Crippen molar-refractivity contribution in [2.45, 2.75) is 6.04 Å². The summed E-state index contributed by atoms with van der Waals surface area (Å²) in [6, 6.07) is 2.76. The van der Waals surface area contributed by atoms with Gasteiger partial charge in [0.1, 0.15) is 0 Å². The van der Waals surface area contributed by atoms with Crippen LogP contribution in [-0.2, 0) is 0 Å². The molecule has 0 aromatic carbocycles. The smallest absolute Gasteiger partial charge is 0.152 e. The van der Waals surface area contributed by atoms with E-state index in [0.717, 1.165) is 0 Å². The zero-order valence-electron chi connectivity index (χ0n) is 6.37. The van der Waals surface area contributed by atoms with Crippen LogP contribution in [0.5, 0.6) is 0 Å². The molecule has 0 aliphatic heterocycles. The van der Waals surface area contributed by atoms with Crippen molar-refractivity contribution in [2.75, 3.05) is 12.3 Å². The van der Waals surface area contributed by atoms with Gasteiger partial charge in [-0.3, -0.25) is 0 Å². The van der Waals surface area contributed by atoms with Crippen molar-refractivity contribution in [2.24, 2.45) is 5.73 Å². The first kappa shape index (κ1) is 9.25. The van der Waals surface area contributed by atoms with Gasteiger partial charge in [-0.25, -0.2) is 4.98 Å². The SMILES string of the molecule is Nc1ccc(C(N)CO)nc1Cl. The van der Waals surface area contributed by atoms with Crippen LogP contribution in [0.25, 0.3) is 0 Å². The fourth-order valence-corrected chi connectivity index (χ4v) is 0.920. The Bertz CT molecular complexity index is 279. The van der Waals surface area contributed by atoms with Gasteiger partial charge in [0.15, 0.2) is 5.15 Å². The summed E-state index contributed by atoms with van der Waals surface area (Å²) in [6.07, 6.45) is 0. The van der Waals surface area contributed by atoms with Gasteiger partial charge in [-0.1, -0.05) is 11.6 Å². The first-order valence-electron chi connectivity index (χ1n) is 3.43. The van der Waals surface area contributed by atoms with E-state index in [-0.39, 0.29) is 11.8 Å². The molecule has 5 heteroatoms. The van der Waals surface area contributed by atoms with Crippen LogP contribution in [0.4, 0.5) is 5.69 Å². The molecule has 0 amide bonds. The van der Waals surface area contributed by atoms with E-state index in [0.29, 0.717) is 11.4 Å². The number of aliphatic hydroxyl groups is 1. The summed E-state index contributed by atoms with van der Waals surface area (Å²) in [4.78, 5) is 3.90. The topological polar surface area (TPSA) is 85.2 Å². The van der Waals surface area contributed by atoms with Crippen LogP contribution in [0.1, 0.15) is 11.7 Å². The number of aromatic nitrogens is 1. The van der Waals surface area contributed by atoms with Crippen molar-refractivity contribution in [3.05, 3.63) is 23.0 Å². The van der Waals surface area contributed by atoms with Gasteiger partial charge in [-0.2, -0.15) is 0 Å². The maximum atomic E-state index is 8.71. The second-order valence-electron chi connectivity index (χ2n) is 2.41. The Kier molecular flexibility index (Phi) is 2.86. The molecule has 0 aliphatic rings. The van der Waals surface area contributed by atoms with Gasteiger partial charge in [-0.15, -0.1) is 0 Å². The van der Waals surface area contributed by atoms with Crippen molar-refractivity contribution < 1.29 is 5.11 Å². The molecule has 0 saturated carbocycles. The summed E-state index contributed by atoms with van der Waals surface area (Å²) in [5.41, 5.74) is 11.9. The minimum absolute atomic E-state index is 0.159. The van der Waals surface area contributed by atoms with Crippen molar-refractivity contribution >= 4 is 17.3 Å². The van der Waals surface area contributed by atoms with E-state index in [4.69, 9.17) is 28.2 Å². The number of anilines is 1. The normalized spacial score (nSPS) is 12.9. The van der Waals surface area contributed by atoms with Crippen molar-refractivity contribution in [1.82, 2.24) is 4.98 Å². The summed E-state index contributed by atoms with van der Waals surface area (Å²) in [5.74, 6) is 0. The Balaban J connectivity index is 2.96. The van der Waals surface area contributed by atoms with E-state index in [1.165, 1.54) is 0 Å². The van der Waals surface area contributed by atoms with Crippen LogP contribution in [0.2, 0.25) is 5.15 Å². The minimum atomic E-state index is -0.497. The van der Waals surface area contributed by atoms with Crippen molar-refractivity contribution in [1.29, 1.82) is 0 Å². The molecule has 0 saturated heterocycles. The van der Waals surface area contributed by atoms with E-state index < -0.39 is 6.04 Å². The first-order valence-corrected chi connectivity index (χ1v) is 3.81. The Morgan fingerprint density at radius 2 is 2.25 bits per heavy atom. The fraction of sp³-hybridized carbons (Fsp3) is 0.286. The number of nitrogen functional groups attached to an aromatic ring is 1. The minimum Gasteiger partial charge on any atom is -0.396 e. The number of rotatable bonds is 2. The molecule has 0 aliphatic carbocycles. The number of hydrogen-bond acceptors (Lipinski definition) is 4. The molecule has 1 heterocycles. The lowest BCUT2D eigenvalue weighted by Gasteiger charge is -2.07. The summed E-state index contributed by atoms with van der Waals surface area (Å²) in [6.45, 7) is -0.159. The van der Waals surface area contributed by atoms with Gasteiger partial charge >= 0.3 is 0 Å². The monoisotopic (exact) mass is 187 g/mol. The van der Waals surface area contributed by atoms with E-state index in [1.54, 1.807) is 12.1 Å². The number of halogens is 1. The average Bonchev–Trinajstić information content (AvgIpc) is 2.08. The van der Waals surface area contributed by atoms with Gasteiger partial charge in [0.05, 0.1) is 24.0 Å². The van der Waals surface area contributed by atoms with Crippen LogP contribution in [0.15, 0.2) is 12.1 Å². The lowest BCUT2D eigenvalue weighted by Crippen LogP contribution is -2.16. The summed E-state index contributed by atoms with van der Waals surface area (Å²) in [7, 11) is 0. The summed E-state index contributed by atoms with van der Waals surface area (Å²) >= 11 is 5.64. The average molecular weight is 188 g/mol. The number of nitrogens with two attached hydrogens (primary N) is 2. The Morgan fingerprint density at radius 3 is 2.75 bits per heavy atom. The van der Waals surface area contributed by atoms with E-state index in [2.05, 4.69) is 4.98 Å². The molecule has 0 bridgehead atoms. The van der Waals surface area contributed by atoms with Crippen LogP contribution in [0, 0.1) is 0 Å². The third-order valence-corrected chi connectivity index (χ3v) is 1.78. The molecular formula is C7H10ClN3O. The lowest BCUT2D eigenvalue weighted by atomic mass is 10.2. The maximum absolute atomic E-state index is 8.71. The highest BCUT2D eigenvalue weighted by Crippen LogP contribution is 2.17. The predicted octanol–water partition coefficient (Wildman–Crippen LogP) is 0.309. The standard InChI is InChI=1S/C7H10ClN3O/c8-7-4(9)1-2-6(11-7)5(10)3-12/h1-2,5,12H,3,9-10H2. The molecule has 4 nitrogen and oxygen atoms in total. The largest absolute Gasteiger partial charge is 0.396 e. The fourth-order valence-electron chi connectivity index (χ4n) is 0.759. The molecule has 0 radical (unpaired) electrons. The number of aliphatic hydroxyl groups excluding tert-OH is 1. The van der Waals surface area contributed by atoms with Gasteiger partial charge in [0, 0.05) is 0 Å². The Labute approximate surface area is 75.2 Å². The van der Waals surface area contributed by atoms with Crippen LogP contribution in [0.3, 0.4) is 0 Å². The molecule has 1 atom stereocenters. The molecule has 1 aromatic heterocycles. The van der Waals surface area contributed by atoms with E-state index >= 15 is 0 Å². The highest BCUT2D eigenvalue weighted by Gasteiger charge is 2.07. The van der Waals surface area contributed by atoms with Gasteiger partial charge < -0.3 is 16.6 Å². The molecule has 12 heavy (non-hydrogen) atoms. The molecule has 1 unspecified atom stereocenters. The van der Waals surface area contributed by atoms with E-state index in [9.17, 15) is 0 Å². The highest BCUT2D eigenvalue weighted by molar-refractivity contribution is 6.31. The van der Waals surface area contributed by atoms with Crippen LogP contribution in [-0.4, -0.2) is 16.7 Å². The first-order chi connectivity index (χ1) is 5.65. The second-order valence-corrected chi connectivity index (χ2v) is 2.76. The molecule has 1 rings (SSSR count). The quantitative estimate of drug-likeness (QED) is 0.582. The third-order valence-electron chi connectivity index (χ3n) is 1.48. The second kappa shape index (κ2) is 3.71. The van der Waals surface area contributed by atoms with Crippen LogP contribution >= 0.6 is 11.6 Å². The number of nitrogens with zero attached hydrogens (tertiary/aromatic N) is 1. The van der Waals surface area contributed by atoms with Crippen molar-refractivity contribution in [3.8, 4) is 0 Å². The zero-order valence-corrected chi connectivity index (χ0v) is 7.12. The molecular weight excluding hydrogens is 178 g/mol. The molecule has 0 spiro atoms. The number of hydrogen-bond donors (Lipinski definition) is 3. The molecule has 0 fully saturated rings. The Hall–Kier alpha value is -0.840. The number of pyridine rings is 1. The van der Waals surface area contributed by atoms with Gasteiger partial charge in [-0.05, 0) is 12.1 Å². The lowest BCUT2D eigenvalue weighted by molar-refractivity contribution is 0.266. The summed E-state index contributed by atoms with van der Waals surface area (Å²) < 4.78 is 0. The molecule has 66 valence electrons. The zero-order chi connectivity index (χ0) is 9.14. The highest BCUT2D eigenvalue weighted by atomic mass is 35.5.